The molecule has 0 aliphatic carbocycles. The molecule has 0 spiro atoms. The lowest BCUT2D eigenvalue weighted by atomic mass is 10.1. The van der Waals surface area contributed by atoms with Gasteiger partial charge in [-0.3, -0.25) is 19.8 Å². The van der Waals surface area contributed by atoms with Crippen LogP contribution in [0.2, 0.25) is 0 Å². The van der Waals surface area contributed by atoms with Crippen LogP contribution in [0.4, 0.5) is 10.8 Å². The van der Waals surface area contributed by atoms with Gasteiger partial charge < -0.3 is 4.74 Å². The lowest BCUT2D eigenvalue weighted by Crippen LogP contribution is -2.43. The van der Waals surface area contributed by atoms with Gasteiger partial charge in [-0.05, 0) is 25.1 Å². The monoisotopic (exact) mass is 463 g/mol. The second kappa shape index (κ2) is 8.48. The van der Waals surface area contributed by atoms with Crippen molar-refractivity contribution in [1.29, 1.82) is 0 Å². The summed E-state index contributed by atoms with van der Waals surface area (Å²) in [5, 5.41) is 14.5. The molecular formula is C22H17N5O3S2. The molecule has 2 aromatic heterocycles. The van der Waals surface area contributed by atoms with E-state index in [4.69, 9.17) is 9.72 Å². The molecule has 0 atom stereocenters. The standard InChI is InChI=1S/C22H17N5O3S2/c1-13-25-26-22(32-13)24-19(28)10-27-17-9-15(7-8-18(17)30-11-20(27)29)16-12-31-21(23-16)14-5-3-2-4-6-14/h2-9,12H,10-11H2,1H3,(H,24,26,28). The summed E-state index contributed by atoms with van der Waals surface area (Å²) in [5.74, 6) is -0.0966. The highest BCUT2D eigenvalue weighted by Gasteiger charge is 2.28. The van der Waals surface area contributed by atoms with Gasteiger partial charge in [0, 0.05) is 16.5 Å². The fourth-order valence-electron chi connectivity index (χ4n) is 3.30. The van der Waals surface area contributed by atoms with Crippen LogP contribution < -0.4 is 15.0 Å². The number of fused-ring (bicyclic) bond motifs is 1. The molecule has 0 unspecified atom stereocenters. The Labute approximate surface area is 191 Å². The number of aromatic nitrogens is 3. The van der Waals surface area contributed by atoms with Crippen molar-refractivity contribution in [2.75, 3.05) is 23.4 Å². The number of ether oxygens (including phenoxy) is 1. The van der Waals surface area contributed by atoms with Crippen molar-refractivity contribution in [3.05, 3.63) is 58.9 Å². The topological polar surface area (TPSA) is 97.3 Å². The number of benzene rings is 2. The van der Waals surface area contributed by atoms with E-state index in [1.807, 2.05) is 47.8 Å². The molecule has 0 saturated carbocycles. The maximum absolute atomic E-state index is 12.6. The van der Waals surface area contributed by atoms with Crippen molar-refractivity contribution in [3.63, 3.8) is 0 Å². The van der Waals surface area contributed by atoms with E-state index in [1.54, 1.807) is 24.3 Å². The average molecular weight is 464 g/mol. The minimum absolute atomic E-state index is 0.119. The number of rotatable bonds is 5. The van der Waals surface area contributed by atoms with Crippen molar-refractivity contribution >= 4 is 45.3 Å². The number of carbonyl (C=O) groups excluding carboxylic acids is 2. The van der Waals surface area contributed by atoms with E-state index in [0.29, 0.717) is 16.6 Å². The maximum atomic E-state index is 12.6. The summed E-state index contributed by atoms with van der Waals surface area (Å²) < 4.78 is 5.57. The predicted octanol–water partition coefficient (Wildman–Crippen LogP) is 4.00. The van der Waals surface area contributed by atoms with E-state index in [0.717, 1.165) is 26.8 Å². The van der Waals surface area contributed by atoms with Crippen molar-refractivity contribution < 1.29 is 14.3 Å². The number of nitrogens with zero attached hydrogens (tertiary/aromatic N) is 4. The third kappa shape index (κ3) is 4.10. The molecule has 1 N–H and O–H groups in total. The van der Waals surface area contributed by atoms with Crippen molar-refractivity contribution in [3.8, 4) is 27.6 Å². The summed E-state index contributed by atoms with van der Waals surface area (Å²) in [5.41, 5.74) is 3.22. The molecular weight excluding hydrogens is 446 g/mol. The number of nitrogens with one attached hydrogen (secondary N) is 1. The highest BCUT2D eigenvalue weighted by Crippen LogP contribution is 2.37. The van der Waals surface area contributed by atoms with Gasteiger partial charge in [0.05, 0.1) is 11.4 Å². The van der Waals surface area contributed by atoms with Gasteiger partial charge in [-0.1, -0.05) is 41.7 Å². The first-order valence-electron chi connectivity index (χ1n) is 9.75. The molecule has 1 aliphatic rings. The molecule has 32 heavy (non-hydrogen) atoms. The van der Waals surface area contributed by atoms with Gasteiger partial charge in [0.2, 0.25) is 11.0 Å². The van der Waals surface area contributed by atoms with E-state index < -0.39 is 0 Å². The van der Waals surface area contributed by atoms with Crippen LogP contribution in [0.5, 0.6) is 5.75 Å². The quantitative estimate of drug-likeness (QED) is 0.480. The fourth-order valence-corrected chi connectivity index (χ4v) is 4.75. The molecule has 2 aromatic carbocycles. The van der Waals surface area contributed by atoms with Crippen LogP contribution >= 0.6 is 22.7 Å². The number of amides is 2. The van der Waals surface area contributed by atoms with Crippen LogP contribution in [0.1, 0.15) is 5.01 Å². The van der Waals surface area contributed by atoms with E-state index in [2.05, 4.69) is 15.5 Å². The molecule has 0 saturated heterocycles. The van der Waals surface area contributed by atoms with E-state index in [-0.39, 0.29) is 25.0 Å². The highest BCUT2D eigenvalue weighted by molar-refractivity contribution is 7.15. The molecule has 5 rings (SSSR count). The summed E-state index contributed by atoms with van der Waals surface area (Å²) in [6.45, 7) is 1.54. The summed E-state index contributed by atoms with van der Waals surface area (Å²) in [6, 6.07) is 15.5. The lowest BCUT2D eigenvalue weighted by Gasteiger charge is -2.29. The first kappa shape index (κ1) is 20.3. The first-order chi connectivity index (χ1) is 15.6. The Morgan fingerprint density at radius 1 is 1.16 bits per heavy atom. The normalized spacial score (nSPS) is 12.9. The van der Waals surface area contributed by atoms with Crippen LogP contribution in [-0.4, -0.2) is 40.1 Å². The van der Waals surface area contributed by atoms with Gasteiger partial charge in [0.25, 0.3) is 5.91 Å². The number of thiazole rings is 1. The fraction of sp³-hybridized carbons (Fsp3) is 0.136. The third-order valence-electron chi connectivity index (χ3n) is 4.80. The minimum Gasteiger partial charge on any atom is -0.482 e. The van der Waals surface area contributed by atoms with Crippen LogP contribution in [0.3, 0.4) is 0 Å². The van der Waals surface area contributed by atoms with Gasteiger partial charge >= 0.3 is 0 Å². The number of hydrogen-bond acceptors (Lipinski definition) is 8. The Kier molecular flexibility index (Phi) is 5.38. The molecule has 8 nitrogen and oxygen atoms in total. The number of hydrogen-bond donors (Lipinski definition) is 1. The SMILES string of the molecule is Cc1nnc(NC(=O)CN2C(=O)COc3ccc(-c4csc(-c5ccccc5)n4)cc32)s1. The van der Waals surface area contributed by atoms with Crippen molar-refractivity contribution in [1.82, 2.24) is 15.2 Å². The second-order valence-electron chi connectivity index (χ2n) is 7.03. The van der Waals surface area contributed by atoms with Crippen LogP contribution in [-0.2, 0) is 9.59 Å². The van der Waals surface area contributed by atoms with E-state index in [9.17, 15) is 9.59 Å². The van der Waals surface area contributed by atoms with E-state index in [1.165, 1.54) is 16.2 Å². The largest absolute Gasteiger partial charge is 0.482 e. The Hall–Kier alpha value is -3.63. The summed E-state index contributed by atoms with van der Waals surface area (Å²) in [4.78, 5) is 31.3. The lowest BCUT2D eigenvalue weighted by molar-refractivity contribution is -0.123. The van der Waals surface area contributed by atoms with Gasteiger partial charge in [0.15, 0.2) is 6.61 Å². The minimum atomic E-state index is -0.354. The Morgan fingerprint density at radius 2 is 2.00 bits per heavy atom. The van der Waals surface area contributed by atoms with Crippen LogP contribution in [0.15, 0.2) is 53.9 Å². The molecule has 3 heterocycles. The maximum Gasteiger partial charge on any atom is 0.265 e. The molecule has 10 heteroatoms. The molecule has 2 amide bonds. The van der Waals surface area contributed by atoms with Crippen molar-refractivity contribution in [2.45, 2.75) is 6.92 Å². The smallest absolute Gasteiger partial charge is 0.265 e. The van der Waals surface area contributed by atoms with Gasteiger partial charge in [0.1, 0.15) is 22.3 Å². The number of aryl methyl sites for hydroxylation is 1. The zero-order valence-corrected chi connectivity index (χ0v) is 18.6. The molecule has 1 aliphatic heterocycles. The Morgan fingerprint density at radius 3 is 2.78 bits per heavy atom. The number of anilines is 2. The molecule has 0 radical (unpaired) electrons. The van der Waals surface area contributed by atoms with Gasteiger partial charge in [-0.2, -0.15) is 0 Å². The van der Waals surface area contributed by atoms with Gasteiger partial charge in [-0.15, -0.1) is 21.5 Å². The molecule has 0 fully saturated rings. The first-order valence-corrected chi connectivity index (χ1v) is 11.4. The van der Waals surface area contributed by atoms with Crippen molar-refractivity contribution in [2.24, 2.45) is 0 Å². The summed E-state index contributed by atoms with van der Waals surface area (Å²) in [6.07, 6.45) is 0. The molecule has 4 aromatic rings. The van der Waals surface area contributed by atoms with Gasteiger partial charge in [-0.25, -0.2) is 4.98 Å². The highest BCUT2D eigenvalue weighted by atomic mass is 32.1. The van der Waals surface area contributed by atoms with Crippen LogP contribution in [0.25, 0.3) is 21.8 Å². The Bertz CT molecular complexity index is 1300. The zero-order valence-electron chi connectivity index (χ0n) is 16.9. The van der Waals surface area contributed by atoms with Crippen LogP contribution in [0, 0.1) is 6.92 Å². The Balaban J connectivity index is 1.41. The number of carbonyl (C=O) groups is 2. The summed E-state index contributed by atoms with van der Waals surface area (Å²) in [7, 11) is 0. The third-order valence-corrected chi connectivity index (χ3v) is 6.44. The molecule has 0 bridgehead atoms. The molecule has 160 valence electrons. The summed E-state index contributed by atoms with van der Waals surface area (Å²) >= 11 is 2.83. The zero-order chi connectivity index (χ0) is 22.1. The average Bonchev–Trinajstić information content (AvgIpc) is 3.45. The predicted molar refractivity (Wildman–Crippen MR) is 124 cm³/mol. The second-order valence-corrected chi connectivity index (χ2v) is 9.07. The van der Waals surface area contributed by atoms with E-state index >= 15 is 0 Å².